The van der Waals surface area contributed by atoms with Crippen LogP contribution < -0.4 is 10.1 Å². The van der Waals surface area contributed by atoms with Crippen molar-refractivity contribution in [3.8, 4) is 5.75 Å². The van der Waals surface area contributed by atoms with Gasteiger partial charge in [0.05, 0.1) is 7.11 Å². The van der Waals surface area contributed by atoms with Crippen LogP contribution in [0, 0.1) is 0 Å². The van der Waals surface area contributed by atoms with Crippen LogP contribution in [0.15, 0.2) is 60.7 Å². The molecule has 1 saturated heterocycles. The number of ether oxygens (including phenoxy) is 1. The molecule has 0 aromatic heterocycles. The minimum absolute atomic E-state index is 0.0198. The highest BCUT2D eigenvalue weighted by atomic mass is 16.5. The number of amides is 2. The lowest BCUT2D eigenvalue weighted by molar-refractivity contribution is -0.117. The first-order valence-electron chi connectivity index (χ1n) is 9.12. The third-order valence-corrected chi connectivity index (χ3v) is 4.69. The Morgan fingerprint density at radius 3 is 2.33 bits per heavy atom. The summed E-state index contributed by atoms with van der Waals surface area (Å²) in [7, 11) is 1.60. The van der Waals surface area contributed by atoms with Crippen molar-refractivity contribution in [1.82, 2.24) is 10.2 Å². The van der Waals surface area contributed by atoms with Gasteiger partial charge in [-0.15, -0.1) is 0 Å². The topological polar surface area (TPSA) is 58.6 Å². The average molecular weight is 364 g/mol. The highest BCUT2D eigenvalue weighted by Gasteiger charge is 2.24. The molecule has 140 valence electrons. The van der Waals surface area contributed by atoms with Crippen molar-refractivity contribution in [1.29, 1.82) is 0 Å². The molecule has 0 spiro atoms. The van der Waals surface area contributed by atoms with Crippen LogP contribution in [0.4, 0.5) is 0 Å². The molecule has 1 aliphatic heterocycles. The predicted octanol–water partition coefficient (Wildman–Crippen LogP) is 3.13. The van der Waals surface area contributed by atoms with Gasteiger partial charge in [-0.25, -0.2) is 0 Å². The molecule has 3 rings (SSSR count). The van der Waals surface area contributed by atoms with Gasteiger partial charge in [-0.3, -0.25) is 9.59 Å². The lowest BCUT2D eigenvalue weighted by Gasteiger charge is -2.32. The smallest absolute Gasteiger partial charge is 0.253 e. The second kappa shape index (κ2) is 9.03. The SMILES string of the molecule is COc1ccc(C(=O)N2CCC(NC(=O)/C=C/c3ccccc3)CC2)cc1. The van der Waals surface area contributed by atoms with Crippen LogP contribution >= 0.6 is 0 Å². The van der Waals surface area contributed by atoms with Crippen LogP contribution in [0.1, 0.15) is 28.8 Å². The average Bonchev–Trinajstić information content (AvgIpc) is 2.73. The number of methoxy groups -OCH3 is 1. The zero-order chi connectivity index (χ0) is 19.1. The number of carbonyl (C=O) groups is 2. The molecule has 0 atom stereocenters. The number of piperidine rings is 1. The summed E-state index contributed by atoms with van der Waals surface area (Å²) >= 11 is 0. The largest absolute Gasteiger partial charge is 0.497 e. The summed E-state index contributed by atoms with van der Waals surface area (Å²) in [6.45, 7) is 1.27. The van der Waals surface area contributed by atoms with Crippen molar-refractivity contribution in [2.24, 2.45) is 0 Å². The summed E-state index contributed by atoms with van der Waals surface area (Å²) < 4.78 is 5.12. The Kier molecular flexibility index (Phi) is 6.26. The van der Waals surface area contributed by atoms with E-state index in [1.807, 2.05) is 35.2 Å². The van der Waals surface area contributed by atoms with Gasteiger partial charge < -0.3 is 15.0 Å². The molecule has 1 N–H and O–H groups in total. The van der Waals surface area contributed by atoms with Gasteiger partial charge in [0.2, 0.25) is 5.91 Å². The number of carbonyl (C=O) groups excluding carboxylic acids is 2. The lowest BCUT2D eigenvalue weighted by atomic mass is 10.0. The maximum absolute atomic E-state index is 12.6. The molecule has 5 heteroatoms. The molecule has 0 saturated carbocycles. The maximum Gasteiger partial charge on any atom is 0.253 e. The molecule has 1 fully saturated rings. The van der Waals surface area contributed by atoms with E-state index in [1.54, 1.807) is 43.5 Å². The van der Waals surface area contributed by atoms with Crippen LogP contribution in [0.2, 0.25) is 0 Å². The monoisotopic (exact) mass is 364 g/mol. The van der Waals surface area contributed by atoms with E-state index in [0.717, 1.165) is 24.2 Å². The Morgan fingerprint density at radius 1 is 1.04 bits per heavy atom. The number of hydrogen-bond donors (Lipinski definition) is 1. The molecule has 2 aromatic rings. The first-order valence-corrected chi connectivity index (χ1v) is 9.12. The second-order valence-electron chi connectivity index (χ2n) is 6.55. The van der Waals surface area contributed by atoms with Gasteiger partial charge in [-0.1, -0.05) is 30.3 Å². The van der Waals surface area contributed by atoms with Crippen molar-refractivity contribution in [2.75, 3.05) is 20.2 Å². The van der Waals surface area contributed by atoms with Gasteiger partial charge in [0.25, 0.3) is 5.91 Å². The molecule has 0 bridgehead atoms. The van der Waals surface area contributed by atoms with E-state index in [4.69, 9.17) is 4.74 Å². The highest BCUT2D eigenvalue weighted by Crippen LogP contribution is 2.17. The number of rotatable bonds is 5. The third-order valence-electron chi connectivity index (χ3n) is 4.69. The zero-order valence-electron chi connectivity index (χ0n) is 15.4. The first kappa shape index (κ1) is 18.7. The van der Waals surface area contributed by atoms with E-state index >= 15 is 0 Å². The number of hydrogen-bond acceptors (Lipinski definition) is 3. The predicted molar refractivity (Wildman–Crippen MR) is 106 cm³/mol. The first-order chi connectivity index (χ1) is 13.2. The summed E-state index contributed by atoms with van der Waals surface area (Å²) in [5.74, 6) is 0.654. The third kappa shape index (κ3) is 5.20. The van der Waals surface area contributed by atoms with Crippen LogP contribution in [-0.4, -0.2) is 43.0 Å². The fourth-order valence-corrected chi connectivity index (χ4v) is 3.13. The Bertz CT molecular complexity index is 792. The number of nitrogens with zero attached hydrogens (tertiary/aromatic N) is 1. The fraction of sp³-hybridized carbons (Fsp3) is 0.273. The Labute approximate surface area is 159 Å². The summed E-state index contributed by atoms with van der Waals surface area (Å²) in [4.78, 5) is 26.5. The fourth-order valence-electron chi connectivity index (χ4n) is 3.13. The number of benzene rings is 2. The molecule has 0 radical (unpaired) electrons. The molecule has 0 unspecified atom stereocenters. The van der Waals surface area contributed by atoms with Crippen molar-refractivity contribution in [2.45, 2.75) is 18.9 Å². The van der Waals surface area contributed by atoms with Gasteiger partial charge >= 0.3 is 0 Å². The van der Waals surface area contributed by atoms with Gasteiger partial charge in [0.15, 0.2) is 0 Å². The van der Waals surface area contributed by atoms with Crippen molar-refractivity contribution in [3.05, 3.63) is 71.8 Å². The standard InChI is InChI=1S/C22H24N2O3/c1-27-20-10-8-18(9-11-20)22(26)24-15-13-19(14-16-24)23-21(25)12-7-17-5-3-2-4-6-17/h2-12,19H,13-16H2,1H3,(H,23,25)/b12-7+. The number of likely N-dealkylation sites (tertiary alicyclic amines) is 1. The normalized spacial score (nSPS) is 14.9. The molecule has 1 aliphatic rings. The molecule has 27 heavy (non-hydrogen) atoms. The van der Waals surface area contributed by atoms with Gasteiger partial charge in [0.1, 0.15) is 5.75 Å². The molecule has 0 aliphatic carbocycles. The van der Waals surface area contributed by atoms with Crippen LogP contribution in [0.5, 0.6) is 5.75 Å². The summed E-state index contributed by atoms with van der Waals surface area (Å²) in [6, 6.07) is 17.0. The molecular weight excluding hydrogens is 340 g/mol. The molecular formula is C22H24N2O3. The van der Waals surface area contributed by atoms with Crippen LogP contribution in [0.25, 0.3) is 6.08 Å². The molecule has 5 nitrogen and oxygen atoms in total. The van der Waals surface area contributed by atoms with Gasteiger partial charge in [0, 0.05) is 30.8 Å². The van der Waals surface area contributed by atoms with E-state index in [0.29, 0.717) is 18.7 Å². The second-order valence-corrected chi connectivity index (χ2v) is 6.55. The van der Waals surface area contributed by atoms with Gasteiger partial charge in [-0.05, 0) is 48.7 Å². The maximum atomic E-state index is 12.6. The van der Waals surface area contributed by atoms with Crippen molar-refractivity contribution >= 4 is 17.9 Å². The van der Waals surface area contributed by atoms with Crippen molar-refractivity contribution < 1.29 is 14.3 Å². The molecule has 1 heterocycles. The minimum Gasteiger partial charge on any atom is -0.497 e. The number of nitrogens with one attached hydrogen (secondary N) is 1. The van der Waals surface area contributed by atoms with Crippen molar-refractivity contribution in [3.63, 3.8) is 0 Å². The Hall–Kier alpha value is -3.08. The van der Waals surface area contributed by atoms with Gasteiger partial charge in [-0.2, -0.15) is 0 Å². The zero-order valence-corrected chi connectivity index (χ0v) is 15.4. The van der Waals surface area contributed by atoms with Crippen LogP contribution in [-0.2, 0) is 4.79 Å². The quantitative estimate of drug-likeness (QED) is 0.830. The van der Waals surface area contributed by atoms with E-state index in [9.17, 15) is 9.59 Å². The van der Waals surface area contributed by atoms with E-state index in [2.05, 4.69) is 5.32 Å². The Morgan fingerprint density at radius 2 is 1.70 bits per heavy atom. The summed E-state index contributed by atoms with van der Waals surface area (Å²) in [6.07, 6.45) is 4.88. The highest BCUT2D eigenvalue weighted by molar-refractivity contribution is 5.94. The Balaban J connectivity index is 1.47. The minimum atomic E-state index is -0.0983. The summed E-state index contributed by atoms with van der Waals surface area (Å²) in [5, 5.41) is 3.02. The van der Waals surface area contributed by atoms with Crippen LogP contribution in [0.3, 0.4) is 0 Å². The molecule has 2 amide bonds. The van der Waals surface area contributed by atoms with E-state index in [1.165, 1.54) is 0 Å². The summed E-state index contributed by atoms with van der Waals surface area (Å²) in [5.41, 5.74) is 1.65. The molecule has 2 aromatic carbocycles. The van der Waals surface area contributed by atoms with E-state index < -0.39 is 0 Å². The van der Waals surface area contributed by atoms with E-state index in [-0.39, 0.29) is 17.9 Å². The lowest BCUT2D eigenvalue weighted by Crippen LogP contribution is -2.46.